The van der Waals surface area contributed by atoms with E-state index in [1.54, 1.807) is 25.1 Å². The molecule has 0 aromatic heterocycles. The van der Waals surface area contributed by atoms with Gasteiger partial charge in [0.15, 0.2) is 5.96 Å². The van der Waals surface area contributed by atoms with Crippen LogP contribution in [0.1, 0.15) is 25.0 Å². The van der Waals surface area contributed by atoms with Crippen LogP contribution in [0.5, 0.6) is 0 Å². The van der Waals surface area contributed by atoms with Crippen LogP contribution in [-0.2, 0) is 22.6 Å². The van der Waals surface area contributed by atoms with Gasteiger partial charge in [0.05, 0.1) is 32.0 Å². The van der Waals surface area contributed by atoms with Crippen LogP contribution in [0.4, 0.5) is 13.2 Å². The summed E-state index contributed by atoms with van der Waals surface area (Å²) in [6.07, 6.45) is -4.34. The SMILES string of the molecule is CCNC(=NCc1cccc(COCC(F)(F)F)c1)NCC(C)(O)CN1CCOCC1. The molecule has 10 heteroatoms. The van der Waals surface area contributed by atoms with Crippen molar-refractivity contribution >= 4 is 5.96 Å². The molecule has 3 N–H and O–H groups in total. The topological polar surface area (TPSA) is 78.4 Å². The fourth-order valence-corrected chi connectivity index (χ4v) is 3.19. The lowest BCUT2D eigenvalue weighted by Crippen LogP contribution is -2.52. The van der Waals surface area contributed by atoms with Gasteiger partial charge in [-0.15, -0.1) is 0 Å². The summed E-state index contributed by atoms with van der Waals surface area (Å²) in [5.41, 5.74) is 0.567. The maximum atomic E-state index is 12.2. The van der Waals surface area contributed by atoms with Gasteiger partial charge in [-0.05, 0) is 25.0 Å². The molecule has 1 aliphatic heterocycles. The Labute approximate surface area is 181 Å². The van der Waals surface area contributed by atoms with Crippen molar-refractivity contribution in [3.8, 4) is 0 Å². The highest BCUT2D eigenvalue weighted by Crippen LogP contribution is 2.16. The second-order valence-electron chi connectivity index (χ2n) is 7.86. The first kappa shape index (κ1) is 25.4. The lowest BCUT2D eigenvalue weighted by Gasteiger charge is -2.34. The second-order valence-corrected chi connectivity index (χ2v) is 7.86. The number of alkyl halides is 3. The quantitative estimate of drug-likeness (QED) is 0.377. The van der Waals surface area contributed by atoms with Crippen molar-refractivity contribution in [3.05, 3.63) is 35.4 Å². The standard InChI is InChI=1S/C21H33F3N4O3/c1-3-25-19(27-14-20(2,29)15-28-7-9-30-10-8-28)26-12-17-5-4-6-18(11-17)13-31-16-21(22,23)24/h4-6,11,29H,3,7-10,12-16H2,1-2H3,(H2,25,26,27). The molecule has 176 valence electrons. The Balaban J connectivity index is 1.87. The number of nitrogens with zero attached hydrogens (tertiary/aromatic N) is 2. The van der Waals surface area contributed by atoms with Crippen LogP contribution in [-0.4, -0.2) is 80.3 Å². The van der Waals surface area contributed by atoms with Crippen LogP contribution in [0, 0.1) is 0 Å². The van der Waals surface area contributed by atoms with E-state index in [9.17, 15) is 18.3 Å². The van der Waals surface area contributed by atoms with Crippen LogP contribution >= 0.6 is 0 Å². The van der Waals surface area contributed by atoms with Gasteiger partial charge in [0.1, 0.15) is 6.61 Å². The fraction of sp³-hybridized carbons (Fsp3) is 0.667. The minimum Gasteiger partial charge on any atom is -0.387 e. The third kappa shape index (κ3) is 10.8. The summed E-state index contributed by atoms with van der Waals surface area (Å²) in [6.45, 7) is 7.14. The normalized spacial score (nSPS) is 17.9. The van der Waals surface area contributed by atoms with E-state index in [0.29, 0.717) is 50.9 Å². The molecular weight excluding hydrogens is 413 g/mol. The van der Waals surface area contributed by atoms with Gasteiger partial charge in [-0.25, -0.2) is 4.99 Å². The number of rotatable bonds is 10. The van der Waals surface area contributed by atoms with Gasteiger partial charge >= 0.3 is 6.18 Å². The number of hydrogen-bond acceptors (Lipinski definition) is 5. The maximum Gasteiger partial charge on any atom is 0.411 e. The molecule has 0 bridgehead atoms. The average Bonchev–Trinajstić information content (AvgIpc) is 2.70. The number of benzene rings is 1. The molecule has 1 atom stereocenters. The van der Waals surface area contributed by atoms with E-state index < -0.39 is 18.4 Å². The first-order chi connectivity index (χ1) is 14.7. The lowest BCUT2D eigenvalue weighted by molar-refractivity contribution is -0.176. The summed E-state index contributed by atoms with van der Waals surface area (Å²) in [7, 11) is 0. The minimum atomic E-state index is -4.34. The van der Waals surface area contributed by atoms with E-state index >= 15 is 0 Å². The largest absolute Gasteiger partial charge is 0.411 e. The molecule has 1 heterocycles. The van der Waals surface area contributed by atoms with Gasteiger partial charge in [-0.1, -0.05) is 24.3 Å². The number of aliphatic hydroxyl groups is 1. The summed E-state index contributed by atoms with van der Waals surface area (Å²) < 4.78 is 46.7. The maximum absolute atomic E-state index is 12.2. The van der Waals surface area contributed by atoms with Gasteiger partial charge in [0.25, 0.3) is 0 Å². The molecule has 7 nitrogen and oxygen atoms in total. The van der Waals surface area contributed by atoms with Crippen molar-refractivity contribution in [2.75, 3.05) is 52.5 Å². The van der Waals surface area contributed by atoms with E-state index in [4.69, 9.17) is 9.47 Å². The monoisotopic (exact) mass is 446 g/mol. The average molecular weight is 447 g/mol. The number of β-amino-alcohol motifs (C(OH)–C–C–N with tert-alkyl or cyclic N) is 1. The predicted octanol–water partition coefficient (Wildman–Crippen LogP) is 1.90. The van der Waals surface area contributed by atoms with Gasteiger partial charge in [0, 0.05) is 32.7 Å². The minimum absolute atomic E-state index is 0.111. The third-order valence-corrected chi connectivity index (χ3v) is 4.59. The first-order valence-electron chi connectivity index (χ1n) is 10.4. The van der Waals surface area contributed by atoms with E-state index in [1.807, 2.05) is 13.0 Å². The highest BCUT2D eigenvalue weighted by atomic mass is 19.4. The van der Waals surface area contributed by atoms with Crippen molar-refractivity contribution in [2.45, 2.75) is 38.8 Å². The molecule has 1 unspecified atom stereocenters. The van der Waals surface area contributed by atoms with E-state index in [-0.39, 0.29) is 6.61 Å². The van der Waals surface area contributed by atoms with E-state index in [0.717, 1.165) is 18.7 Å². The summed E-state index contributed by atoms with van der Waals surface area (Å²) in [4.78, 5) is 6.69. The van der Waals surface area contributed by atoms with Crippen molar-refractivity contribution in [1.82, 2.24) is 15.5 Å². The molecule has 1 fully saturated rings. The van der Waals surface area contributed by atoms with Gasteiger partial charge in [-0.3, -0.25) is 4.90 Å². The number of guanidine groups is 1. The fourth-order valence-electron chi connectivity index (χ4n) is 3.19. The Hall–Kier alpha value is -1.88. The summed E-state index contributed by atoms with van der Waals surface area (Å²) >= 11 is 0. The number of ether oxygens (including phenoxy) is 2. The number of hydrogen-bond donors (Lipinski definition) is 3. The van der Waals surface area contributed by atoms with E-state index in [2.05, 4.69) is 20.5 Å². The molecule has 1 aromatic rings. The Morgan fingerprint density at radius 1 is 1.23 bits per heavy atom. The van der Waals surface area contributed by atoms with E-state index in [1.165, 1.54) is 0 Å². The molecule has 0 amide bonds. The summed E-state index contributed by atoms with van der Waals surface area (Å²) in [5.74, 6) is 0.559. The molecule has 1 saturated heterocycles. The molecule has 0 spiro atoms. The molecular formula is C21H33F3N4O3. The number of halogens is 3. The van der Waals surface area contributed by atoms with Crippen LogP contribution in [0.25, 0.3) is 0 Å². The van der Waals surface area contributed by atoms with Gasteiger partial charge in [0.2, 0.25) is 0 Å². The molecule has 1 aliphatic rings. The smallest absolute Gasteiger partial charge is 0.387 e. The zero-order valence-electron chi connectivity index (χ0n) is 18.2. The Morgan fingerprint density at radius 3 is 2.61 bits per heavy atom. The van der Waals surface area contributed by atoms with Crippen molar-refractivity contribution < 1.29 is 27.8 Å². The summed E-state index contributed by atoms with van der Waals surface area (Å²) in [6, 6.07) is 7.12. The molecule has 2 rings (SSSR count). The number of aliphatic imine (C=N–C) groups is 1. The van der Waals surface area contributed by atoms with Crippen LogP contribution < -0.4 is 10.6 Å². The Morgan fingerprint density at radius 2 is 1.94 bits per heavy atom. The third-order valence-electron chi connectivity index (χ3n) is 4.59. The summed E-state index contributed by atoms with van der Waals surface area (Å²) in [5, 5.41) is 17.0. The van der Waals surface area contributed by atoms with Crippen LogP contribution in [0.15, 0.2) is 29.3 Å². The highest BCUT2D eigenvalue weighted by Gasteiger charge is 2.27. The molecule has 1 aromatic carbocycles. The van der Waals surface area contributed by atoms with Crippen LogP contribution in [0.2, 0.25) is 0 Å². The van der Waals surface area contributed by atoms with Gasteiger partial charge < -0.3 is 25.2 Å². The Bertz CT molecular complexity index is 693. The lowest BCUT2D eigenvalue weighted by atomic mass is 10.1. The second kappa shape index (κ2) is 12.2. The zero-order valence-corrected chi connectivity index (χ0v) is 18.2. The molecule has 0 aliphatic carbocycles. The zero-order chi connectivity index (χ0) is 22.7. The molecule has 31 heavy (non-hydrogen) atoms. The first-order valence-corrected chi connectivity index (χ1v) is 10.4. The number of nitrogens with one attached hydrogen (secondary N) is 2. The predicted molar refractivity (Wildman–Crippen MR) is 113 cm³/mol. The number of morpholine rings is 1. The molecule has 0 radical (unpaired) electrons. The van der Waals surface area contributed by atoms with Crippen molar-refractivity contribution in [2.24, 2.45) is 4.99 Å². The van der Waals surface area contributed by atoms with Crippen molar-refractivity contribution in [3.63, 3.8) is 0 Å². The van der Waals surface area contributed by atoms with Crippen LogP contribution in [0.3, 0.4) is 0 Å². The Kier molecular flexibility index (Phi) is 10.0. The highest BCUT2D eigenvalue weighted by molar-refractivity contribution is 5.79. The van der Waals surface area contributed by atoms with Gasteiger partial charge in [-0.2, -0.15) is 13.2 Å². The van der Waals surface area contributed by atoms with Crippen molar-refractivity contribution in [1.29, 1.82) is 0 Å². The molecule has 0 saturated carbocycles.